The van der Waals surface area contributed by atoms with E-state index in [1.54, 1.807) is 0 Å². The third kappa shape index (κ3) is 40.5. The van der Waals surface area contributed by atoms with Gasteiger partial charge in [0.1, 0.15) is 12.2 Å². The van der Waals surface area contributed by atoms with Gasteiger partial charge in [0.05, 0.1) is 18.8 Å². The molecule has 0 rings (SSSR count). The maximum atomic E-state index is 12.5. The second kappa shape index (κ2) is 47.1. The molecule has 4 unspecified atom stereocenters. The van der Waals surface area contributed by atoms with E-state index in [0.717, 1.165) is 38.5 Å². The number of unbranched alkanes of at least 4 members (excludes halogenated alkanes) is 37. The number of aliphatic hydroxyl groups is 4. The lowest BCUT2D eigenvalue weighted by atomic mass is 9.99. The van der Waals surface area contributed by atoms with Gasteiger partial charge in [-0.15, -0.1) is 0 Å². The molecule has 0 aliphatic rings. The van der Waals surface area contributed by atoms with Crippen molar-refractivity contribution in [2.45, 2.75) is 308 Å². The first kappa shape index (κ1) is 57.1. The molecule has 0 aliphatic carbocycles. The van der Waals surface area contributed by atoms with Crippen LogP contribution in [-0.4, -0.2) is 57.3 Å². The monoisotopic (exact) mass is 822 g/mol. The number of hydrogen-bond donors (Lipinski definition) is 5. The Hall–Kier alpha value is -0.950. The van der Waals surface area contributed by atoms with E-state index < -0.39 is 36.9 Å². The van der Waals surface area contributed by atoms with E-state index in [1.165, 1.54) is 218 Å². The molecule has 0 aromatic rings. The summed E-state index contributed by atoms with van der Waals surface area (Å²) >= 11 is 0. The van der Waals surface area contributed by atoms with Crippen LogP contribution in [0.4, 0.5) is 0 Å². The molecule has 346 valence electrons. The molecule has 4 atom stereocenters. The van der Waals surface area contributed by atoms with Crippen LogP contribution in [0.3, 0.4) is 0 Å². The molecule has 0 spiro atoms. The van der Waals surface area contributed by atoms with Gasteiger partial charge in [-0.05, 0) is 38.5 Å². The number of rotatable bonds is 48. The predicted molar refractivity (Wildman–Crippen MR) is 251 cm³/mol. The van der Waals surface area contributed by atoms with Gasteiger partial charge < -0.3 is 25.7 Å². The van der Waals surface area contributed by atoms with Gasteiger partial charge in [-0.2, -0.15) is 0 Å². The zero-order valence-electron chi connectivity index (χ0n) is 39.1. The largest absolute Gasteiger partial charge is 0.394 e. The second-order valence-electron chi connectivity index (χ2n) is 18.2. The SMILES string of the molecule is CCCCCCCCCCCCCC/C=C\CCCCCCCCCCCCCCCCCC(O)C(=O)NC(CO)C(O)C(O)CCCCCCCCCCCCC. The fourth-order valence-corrected chi connectivity index (χ4v) is 8.34. The second-order valence-corrected chi connectivity index (χ2v) is 18.2. The van der Waals surface area contributed by atoms with Crippen LogP contribution in [-0.2, 0) is 4.79 Å². The Labute approximate surface area is 362 Å². The minimum absolute atomic E-state index is 0.373. The zero-order valence-corrected chi connectivity index (χ0v) is 39.1. The van der Waals surface area contributed by atoms with Crippen LogP contribution >= 0.6 is 0 Å². The molecule has 0 bridgehead atoms. The van der Waals surface area contributed by atoms with Crippen LogP contribution in [0.5, 0.6) is 0 Å². The highest BCUT2D eigenvalue weighted by Crippen LogP contribution is 2.17. The highest BCUT2D eigenvalue weighted by atomic mass is 16.3. The summed E-state index contributed by atoms with van der Waals surface area (Å²) in [4.78, 5) is 12.5. The standard InChI is InChI=1S/C52H103NO5/c1-3-5-7-9-11-13-15-16-17-18-19-20-21-22-23-24-25-26-27-28-29-30-31-32-33-34-36-38-40-42-44-46-50(56)52(58)53-48(47-54)51(57)49(55)45-43-41-39-37-35-14-12-10-8-6-4-2/h22-23,48-51,54-57H,3-21,24-47H2,1-2H3,(H,53,58)/b23-22-. The van der Waals surface area contributed by atoms with Crippen molar-refractivity contribution in [2.75, 3.05) is 6.61 Å². The highest BCUT2D eigenvalue weighted by molar-refractivity contribution is 5.80. The summed E-state index contributed by atoms with van der Waals surface area (Å²) in [5.74, 6) is -0.581. The van der Waals surface area contributed by atoms with Crippen LogP contribution < -0.4 is 5.32 Å². The van der Waals surface area contributed by atoms with Crippen molar-refractivity contribution in [1.29, 1.82) is 0 Å². The molecule has 1 amide bonds. The molecule has 5 N–H and O–H groups in total. The van der Waals surface area contributed by atoms with Gasteiger partial charge in [-0.3, -0.25) is 4.79 Å². The van der Waals surface area contributed by atoms with Gasteiger partial charge in [0.25, 0.3) is 0 Å². The number of carbonyl (C=O) groups is 1. The number of allylic oxidation sites excluding steroid dienone is 2. The van der Waals surface area contributed by atoms with Crippen molar-refractivity contribution in [1.82, 2.24) is 5.32 Å². The third-order valence-corrected chi connectivity index (χ3v) is 12.5. The first-order valence-corrected chi connectivity index (χ1v) is 26.1. The van der Waals surface area contributed by atoms with Crippen LogP contribution in [0.25, 0.3) is 0 Å². The van der Waals surface area contributed by atoms with Gasteiger partial charge in [0, 0.05) is 0 Å². The molecule has 0 aromatic heterocycles. The lowest BCUT2D eigenvalue weighted by molar-refractivity contribution is -0.132. The fraction of sp³-hybridized carbons (Fsp3) is 0.942. The molecule has 58 heavy (non-hydrogen) atoms. The lowest BCUT2D eigenvalue weighted by Gasteiger charge is -2.27. The van der Waals surface area contributed by atoms with Crippen LogP contribution in [0, 0.1) is 0 Å². The molecular weight excluding hydrogens is 719 g/mol. The van der Waals surface area contributed by atoms with E-state index in [9.17, 15) is 25.2 Å². The summed E-state index contributed by atoms with van der Waals surface area (Å²) in [7, 11) is 0. The summed E-state index contributed by atoms with van der Waals surface area (Å²) in [5.41, 5.74) is 0. The van der Waals surface area contributed by atoms with Gasteiger partial charge in [0.15, 0.2) is 0 Å². The van der Waals surface area contributed by atoms with Crippen LogP contribution in [0.2, 0.25) is 0 Å². The van der Waals surface area contributed by atoms with Crippen molar-refractivity contribution < 1.29 is 25.2 Å². The normalized spacial score (nSPS) is 14.0. The summed E-state index contributed by atoms with van der Waals surface area (Å²) in [5, 5.41) is 43.7. The summed E-state index contributed by atoms with van der Waals surface area (Å²) < 4.78 is 0. The minimum atomic E-state index is -1.25. The molecule has 0 aromatic carbocycles. The maximum absolute atomic E-state index is 12.5. The zero-order chi connectivity index (χ0) is 42.4. The Bertz CT molecular complexity index is 837. The summed E-state index contributed by atoms with van der Waals surface area (Å²) in [6.45, 7) is 4.06. The number of carbonyl (C=O) groups excluding carboxylic acids is 1. The Balaban J connectivity index is 3.54. The van der Waals surface area contributed by atoms with Gasteiger partial charge in [-0.25, -0.2) is 0 Å². The third-order valence-electron chi connectivity index (χ3n) is 12.5. The molecule has 0 fully saturated rings. The number of nitrogens with one attached hydrogen (secondary N) is 1. The van der Waals surface area contributed by atoms with Crippen LogP contribution in [0.1, 0.15) is 284 Å². The average molecular weight is 822 g/mol. The van der Waals surface area contributed by atoms with Gasteiger partial charge in [0.2, 0.25) is 5.91 Å². The van der Waals surface area contributed by atoms with Gasteiger partial charge >= 0.3 is 0 Å². The van der Waals surface area contributed by atoms with Crippen molar-refractivity contribution in [3.8, 4) is 0 Å². The smallest absolute Gasteiger partial charge is 0.249 e. The van der Waals surface area contributed by atoms with E-state index in [-0.39, 0.29) is 0 Å². The van der Waals surface area contributed by atoms with Crippen molar-refractivity contribution >= 4 is 5.91 Å². The summed E-state index contributed by atoms with van der Waals surface area (Å²) in [6, 6.07) is -0.981. The first-order chi connectivity index (χ1) is 28.5. The summed E-state index contributed by atoms with van der Waals surface area (Å²) in [6.07, 6.45) is 54.3. The maximum Gasteiger partial charge on any atom is 0.249 e. The van der Waals surface area contributed by atoms with Gasteiger partial charge in [-0.1, -0.05) is 257 Å². The topological polar surface area (TPSA) is 110 Å². The van der Waals surface area contributed by atoms with E-state index in [2.05, 4.69) is 31.3 Å². The number of amides is 1. The molecule has 0 heterocycles. The Kier molecular flexibility index (Phi) is 46.3. The average Bonchev–Trinajstić information content (AvgIpc) is 3.23. The van der Waals surface area contributed by atoms with E-state index in [1.807, 2.05) is 0 Å². The molecule has 6 nitrogen and oxygen atoms in total. The van der Waals surface area contributed by atoms with Crippen molar-refractivity contribution in [3.63, 3.8) is 0 Å². The molecular formula is C52H103NO5. The van der Waals surface area contributed by atoms with E-state index >= 15 is 0 Å². The Morgan fingerprint density at radius 1 is 0.414 bits per heavy atom. The minimum Gasteiger partial charge on any atom is -0.394 e. The molecule has 0 saturated carbocycles. The first-order valence-electron chi connectivity index (χ1n) is 26.1. The fourth-order valence-electron chi connectivity index (χ4n) is 8.34. The highest BCUT2D eigenvalue weighted by Gasteiger charge is 2.28. The molecule has 0 radical (unpaired) electrons. The molecule has 6 heteroatoms. The molecule has 0 saturated heterocycles. The number of hydrogen-bond acceptors (Lipinski definition) is 5. The predicted octanol–water partition coefficient (Wildman–Crippen LogP) is 14.5. The Morgan fingerprint density at radius 2 is 0.690 bits per heavy atom. The van der Waals surface area contributed by atoms with Crippen molar-refractivity contribution in [2.24, 2.45) is 0 Å². The van der Waals surface area contributed by atoms with E-state index in [0.29, 0.717) is 12.8 Å². The van der Waals surface area contributed by atoms with Crippen molar-refractivity contribution in [3.05, 3.63) is 12.2 Å². The van der Waals surface area contributed by atoms with Crippen LogP contribution in [0.15, 0.2) is 12.2 Å². The lowest BCUT2D eigenvalue weighted by Crippen LogP contribution is -2.53. The number of aliphatic hydroxyl groups excluding tert-OH is 4. The quantitative estimate of drug-likeness (QED) is 0.0310. The Morgan fingerprint density at radius 3 is 1.00 bits per heavy atom. The molecule has 0 aliphatic heterocycles. The van der Waals surface area contributed by atoms with E-state index in [4.69, 9.17) is 0 Å².